The molecule has 0 saturated carbocycles. The summed E-state index contributed by atoms with van der Waals surface area (Å²) in [6.45, 7) is 5.00. The summed E-state index contributed by atoms with van der Waals surface area (Å²) in [5.74, 6) is -0.290. The van der Waals surface area contributed by atoms with E-state index in [4.69, 9.17) is 15.2 Å². The smallest absolute Gasteiger partial charge is 0.335 e. The molecule has 0 aromatic heterocycles. The summed E-state index contributed by atoms with van der Waals surface area (Å²) < 4.78 is 10.6. The van der Waals surface area contributed by atoms with E-state index in [0.717, 1.165) is 19.3 Å². The molecule has 4 nitrogen and oxygen atoms in total. The zero-order valence-corrected chi connectivity index (χ0v) is 10.1. The number of rotatable bonds is 6. The van der Waals surface area contributed by atoms with Gasteiger partial charge in [-0.15, -0.1) is 0 Å². The van der Waals surface area contributed by atoms with Gasteiger partial charge >= 0.3 is 5.97 Å². The summed E-state index contributed by atoms with van der Waals surface area (Å²) in [7, 11) is 0. The number of nitrogens with two attached hydrogens (primary N) is 1. The number of ether oxygens (including phenoxy) is 2. The Bertz CT molecular complexity index is 273. The van der Waals surface area contributed by atoms with Gasteiger partial charge in [0.15, 0.2) is 0 Å². The molecule has 0 amide bonds. The molecule has 0 aromatic rings. The van der Waals surface area contributed by atoms with E-state index >= 15 is 0 Å². The minimum atomic E-state index is -0.290. The second-order valence-electron chi connectivity index (χ2n) is 3.91. The average molecular weight is 227 g/mol. The SMILES string of the molecule is CCCCOC1CCC(C(=O)OCC)=C1N. The molecule has 1 rings (SSSR count). The summed E-state index contributed by atoms with van der Waals surface area (Å²) in [6.07, 6.45) is 3.50. The third-order valence-corrected chi connectivity index (χ3v) is 2.69. The first-order chi connectivity index (χ1) is 7.70. The van der Waals surface area contributed by atoms with Crippen LogP contribution in [0.5, 0.6) is 0 Å². The van der Waals surface area contributed by atoms with Crippen LogP contribution in [0.4, 0.5) is 0 Å². The number of esters is 1. The Hall–Kier alpha value is -1.03. The second kappa shape index (κ2) is 6.53. The molecule has 0 spiro atoms. The first kappa shape index (κ1) is 13.0. The highest BCUT2D eigenvalue weighted by molar-refractivity contribution is 5.90. The van der Waals surface area contributed by atoms with Crippen LogP contribution in [-0.4, -0.2) is 25.3 Å². The van der Waals surface area contributed by atoms with Crippen LogP contribution >= 0.6 is 0 Å². The normalized spacial score (nSPS) is 20.2. The Morgan fingerprint density at radius 2 is 2.25 bits per heavy atom. The Morgan fingerprint density at radius 3 is 2.88 bits per heavy atom. The lowest BCUT2D eigenvalue weighted by Gasteiger charge is -2.12. The van der Waals surface area contributed by atoms with E-state index in [2.05, 4.69) is 6.92 Å². The van der Waals surface area contributed by atoms with Crippen molar-refractivity contribution >= 4 is 5.97 Å². The van der Waals surface area contributed by atoms with Crippen LogP contribution in [-0.2, 0) is 14.3 Å². The summed E-state index contributed by atoms with van der Waals surface area (Å²) in [5.41, 5.74) is 7.06. The van der Waals surface area contributed by atoms with Gasteiger partial charge in [-0.1, -0.05) is 13.3 Å². The monoisotopic (exact) mass is 227 g/mol. The predicted molar refractivity (Wildman–Crippen MR) is 61.7 cm³/mol. The van der Waals surface area contributed by atoms with Crippen LogP contribution < -0.4 is 5.73 Å². The van der Waals surface area contributed by atoms with Crippen LogP contribution in [0.25, 0.3) is 0 Å². The van der Waals surface area contributed by atoms with E-state index < -0.39 is 0 Å². The van der Waals surface area contributed by atoms with Gasteiger partial charge in [0.2, 0.25) is 0 Å². The lowest BCUT2D eigenvalue weighted by molar-refractivity contribution is -0.138. The van der Waals surface area contributed by atoms with Crippen molar-refractivity contribution in [2.45, 2.75) is 45.6 Å². The molecule has 16 heavy (non-hydrogen) atoms. The highest BCUT2D eigenvalue weighted by atomic mass is 16.5. The number of carbonyl (C=O) groups excluding carboxylic acids is 1. The predicted octanol–water partition coefficient (Wildman–Crippen LogP) is 1.74. The topological polar surface area (TPSA) is 61.5 Å². The zero-order valence-electron chi connectivity index (χ0n) is 10.1. The zero-order chi connectivity index (χ0) is 12.0. The maximum atomic E-state index is 11.5. The summed E-state index contributed by atoms with van der Waals surface area (Å²) in [4.78, 5) is 11.5. The molecular weight excluding hydrogens is 206 g/mol. The number of carbonyl (C=O) groups is 1. The lowest BCUT2D eigenvalue weighted by atomic mass is 10.2. The van der Waals surface area contributed by atoms with Gasteiger partial charge in [-0.3, -0.25) is 0 Å². The largest absolute Gasteiger partial charge is 0.463 e. The van der Waals surface area contributed by atoms with Crippen molar-refractivity contribution in [1.29, 1.82) is 0 Å². The third kappa shape index (κ3) is 3.23. The molecular formula is C12H21NO3. The third-order valence-electron chi connectivity index (χ3n) is 2.69. The summed E-state index contributed by atoms with van der Waals surface area (Å²) in [6, 6.07) is 0. The van der Waals surface area contributed by atoms with Crippen LogP contribution in [0.15, 0.2) is 11.3 Å². The second-order valence-corrected chi connectivity index (χ2v) is 3.91. The van der Waals surface area contributed by atoms with Crippen molar-refractivity contribution in [3.05, 3.63) is 11.3 Å². The number of hydrogen-bond donors (Lipinski definition) is 1. The van der Waals surface area contributed by atoms with Gasteiger partial charge in [0, 0.05) is 12.3 Å². The molecule has 0 fully saturated rings. The molecule has 4 heteroatoms. The lowest BCUT2D eigenvalue weighted by Crippen LogP contribution is -2.20. The standard InChI is InChI=1S/C12H21NO3/c1-3-5-8-16-10-7-6-9(11(10)13)12(14)15-4-2/h10H,3-8,13H2,1-2H3. The highest BCUT2D eigenvalue weighted by Crippen LogP contribution is 2.26. The van der Waals surface area contributed by atoms with Gasteiger partial charge in [-0.25, -0.2) is 4.79 Å². The maximum absolute atomic E-state index is 11.5. The molecule has 0 saturated heterocycles. The van der Waals surface area contributed by atoms with Gasteiger partial charge in [0.05, 0.1) is 18.3 Å². The van der Waals surface area contributed by atoms with Gasteiger partial charge in [0.1, 0.15) is 0 Å². The van der Waals surface area contributed by atoms with E-state index in [0.29, 0.717) is 30.9 Å². The molecule has 1 atom stereocenters. The van der Waals surface area contributed by atoms with Crippen LogP contribution in [0.3, 0.4) is 0 Å². The van der Waals surface area contributed by atoms with E-state index in [1.54, 1.807) is 6.92 Å². The van der Waals surface area contributed by atoms with Crippen molar-refractivity contribution in [3.63, 3.8) is 0 Å². The molecule has 2 N–H and O–H groups in total. The first-order valence-corrected chi connectivity index (χ1v) is 5.97. The minimum absolute atomic E-state index is 0.0917. The summed E-state index contributed by atoms with van der Waals surface area (Å²) in [5, 5.41) is 0. The highest BCUT2D eigenvalue weighted by Gasteiger charge is 2.28. The van der Waals surface area contributed by atoms with E-state index in [9.17, 15) is 4.79 Å². The van der Waals surface area contributed by atoms with Crippen LogP contribution in [0.1, 0.15) is 39.5 Å². The van der Waals surface area contributed by atoms with Gasteiger partial charge in [0.25, 0.3) is 0 Å². The van der Waals surface area contributed by atoms with E-state index in [1.807, 2.05) is 0 Å². The molecule has 92 valence electrons. The summed E-state index contributed by atoms with van der Waals surface area (Å²) >= 11 is 0. The van der Waals surface area contributed by atoms with Crippen molar-refractivity contribution in [2.75, 3.05) is 13.2 Å². The van der Waals surface area contributed by atoms with Crippen molar-refractivity contribution < 1.29 is 14.3 Å². The Balaban J connectivity index is 2.49. The van der Waals surface area contributed by atoms with Crippen molar-refractivity contribution in [1.82, 2.24) is 0 Å². The fraction of sp³-hybridized carbons (Fsp3) is 0.750. The Morgan fingerprint density at radius 1 is 1.50 bits per heavy atom. The quantitative estimate of drug-likeness (QED) is 0.554. The Labute approximate surface area is 96.8 Å². The van der Waals surface area contributed by atoms with Crippen LogP contribution in [0.2, 0.25) is 0 Å². The van der Waals surface area contributed by atoms with Gasteiger partial charge < -0.3 is 15.2 Å². The van der Waals surface area contributed by atoms with Crippen molar-refractivity contribution in [3.8, 4) is 0 Å². The first-order valence-electron chi connectivity index (χ1n) is 5.97. The maximum Gasteiger partial charge on any atom is 0.335 e. The van der Waals surface area contributed by atoms with E-state index in [-0.39, 0.29) is 12.1 Å². The molecule has 0 aromatic carbocycles. The van der Waals surface area contributed by atoms with Gasteiger partial charge in [-0.2, -0.15) is 0 Å². The molecule has 0 heterocycles. The average Bonchev–Trinajstić information content (AvgIpc) is 2.61. The fourth-order valence-electron chi connectivity index (χ4n) is 1.75. The fourth-order valence-corrected chi connectivity index (χ4v) is 1.75. The molecule has 0 aliphatic heterocycles. The molecule has 0 radical (unpaired) electrons. The van der Waals surface area contributed by atoms with Crippen LogP contribution in [0, 0.1) is 0 Å². The van der Waals surface area contributed by atoms with Crippen molar-refractivity contribution in [2.24, 2.45) is 5.73 Å². The number of unbranched alkanes of at least 4 members (excludes halogenated alkanes) is 1. The molecule has 0 bridgehead atoms. The molecule has 1 aliphatic rings. The minimum Gasteiger partial charge on any atom is -0.463 e. The van der Waals surface area contributed by atoms with E-state index in [1.165, 1.54) is 0 Å². The van der Waals surface area contributed by atoms with Gasteiger partial charge in [-0.05, 0) is 26.2 Å². The number of hydrogen-bond acceptors (Lipinski definition) is 4. The Kier molecular flexibility index (Phi) is 5.32. The molecule has 1 unspecified atom stereocenters. The molecule has 1 aliphatic carbocycles.